The zero-order chi connectivity index (χ0) is 33.7. The number of carbonyl (C=O) groups is 2. The molecule has 0 aromatic carbocycles. The first-order valence-corrected chi connectivity index (χ1v) is 19.6. The molecular formula is C35H69NO8P-. The zero-order valence-electron chi connectivity index (χ0n) is 29.5. The fraction of sp³-hybridized carbons (Fsp3) is 0.943. The Morgan fingerprint density at radius 2 is 1.11 bits per heavy atom. The lowest BCUT2D eigenvalue weighted by atomic mass is 9.89. The molecule has 0 amide bonds. The first kappa shape index (κ1) is 44.0. The number of phosphoric ester groups is 1. The number of hydrogen-bond acceptors (Lipinski definition) is 9. The van der Waals surface area contributed by atoms with Crippen LogP contribution in [0.4, 0.5) is 0 Å². The van der Waals surface area contributed by atoms with Gasteiger partial charge in [-0.25, -0.2) is 0 Å². The van der Waals surface area contributed by atoms with Crippen LogP contribution in [0.25, 0.3) is 0 Å². The van der Waals surface area contributed by atoms with Crippen molar-refractivity contribution in [2.45, 2.75) is 181 Å². The van der Waals surface area contributed by atoms with Gasteiger partial charge in [-0.2, -0.15) is 0 Å². The van der Waals surface area contributed by atoms with Gasteiger partial charge in [-0.05, 0) is 24.7 Å². The molecule has 2 atom stereocenters. The molecule has 10 heteroatoms. The number of carbonyl (C=O) groups excluding carboxylic acids is 2. The standard InChI is InChI=1S/C35H70NO8P/c1-5-6-7-8-9-10-11-12-13-16-19-22-25-33(37)41-30-32(31-43-45(39,40)42-29-28-36)44-34(38)26-23-20-17-14-15-18-21-24-27-35(2,3)4/h32H,5-31,36H2,1-4H3,(H,39,40)/p-1/t32-/m0/s1. The van der Waals surface area contributed by atoms with Crippen LogP contribution in [-0.4, -0.2) is 44.4 Å². The third-order valence-electron chi connectivity index (χ3n) is 7.81. The lowest BCUT2D eigenvalue weighted by molar-refractivity contribution is -0.228. The predicted molar refractivity (Wildman–Crippen MR) is 181 cm³/mol. The Morgan fingerprint density at radius 3 is 1.58 bits per heavy atom. The Bertz CT molecular complexity index is 758. The highest BCUT2D eigenvalue weighted by atomic mass is 31.2. The predicted octanol–water partition coefficient (Wildman–Crippen LogP) is 8.94. The first-order valence-electron chi connectivity index (χ1n) is 18.1. The quantitative estimate of drug-likeness (QED) is 0.0425. The average molecular weight is 663 g/mol. The van der Waals surface area contributed by atoms with E-state index in [1.807, 2.05) is 0 Å². The van der Waals surface area contributed by atoms with Crippen molar-refractivity contribution in [3.05, 3.63) is 0 Å². The summed E-state index contributed by atoms with van der Waals surface area (Å²) in [5.74, 6) is -0.863. The maximum absolute atomic E-state index is 12.5. The van der Waals surface area contributed by atoms with Gasteiger partial charge in [0.25, 0.3) is 7.82 Å². The Hall–Kier alpha value is -0.990. The summed E-state index contributed by atoms with van der Waals surface area (Å²) in [6.45, 7) is 8.12. The molecule has 0 saturated carbocycles. The molecule has 0 spiro atoms. The van der Waals surface area contributed by atoms with Crippen molar-refractivity contribution in [1.82, 2.24) is 0 Å². The first-order chi connectivity index (χ1) is 21.5. The van der Waals surface area contributed by atoms with Crippen LogP contribution in [0.1, 0.15) is 175 Å². The minimum atomic E-state index is -4.61. The summed E-state index contributed by atoms with van der Waals surface area (Å²) >= 11 is 0. The van der Waals surface area contributed by atoms with Gasteiger partial charge in [-0.1, -0.05) is 143 Å². The zero-order valence-corrected chi connectivity index (χ0v) is 30.4. The average Bonchev–Trinajstić information content (AvgIpc) is 2.98. The van der Waals surface area contributed by atoms with E-state index in [0.717, 1.165) is 38.5 Å². The molecule has 2 N–H and O–H groups in total. The fourth-order valence-electron chi connectivity index (χ4n) is 5.09. The highest BCUT2D eigenvalue weighted by Crippen LogP contribution is 2.38. The van der Waals surface area contributed by atoms with Crippen LogP contribution >= 0.6 is 7.82 Å². The summed E-state index contributed by atoms with van der Waals surface area (Å²) in [5.41, 5.74) is 5.70. The summed E-state index contributed by atoms with van der Waals surface area (Å²) in [5, 5.41) is 0. The van der Waals surface area contributed by atoms with E-state index < -0.39 is 32.5 Å². The molecule has 0 aliphatic heterocycles. The van der Waals surface area contributed by atoms with E-state index in [9.17, 15) is 19.0 Å². The molecule has 0 heterocycles. The second-order valence-electron chi connectivity index (χ2n) is 13.7. The van der Waals surface area contributed by atoms with Crippen LogP contribution in [0.15, 0.2) is 0 Å². The SMILES string of the molecule is CCCCCCCCCCCCCCC(=O)OC[C@@H](COP(=O)([O-])OCCN)OC(=O)CCCCCCCCCCC(C)(C)C. The number of hydrogen-bond donors (Lipinski definition) is 1. The molecular weight excluding hydrogens is 593 g/mol. The fourth-order valence-corrected chi connectivity index (χ4v) is 5.84. The van der Waals surface area contributed by atoms with Crippen molar-refractivity contribution < 1.29 is 37.6 Å². The molecule has 0 saturated heterocycles. The Morgan fingerprint density at radius 1 is 0.667 bits per heavy atom. The van der Waals surface area contributed by atoms with Crippen LogP contribution in [-0.2, 0) is 32.7 Å². The van der Waals surface area contributed by atoms with Gasteiger partial charge in [-0.15, -0.1) is 0 Å². The highest BCUT2D eigenvalue weighted by Gasteiger charge is 2.21. The maximum Gasteiger partial charge on any atom is 0.306 e. The summed E-state index contributed by atoms with van der Waals surface area (Å²) in [4.78, 5) is 36.7. The minimum absolute atomic E-state index is 0.0158. The van der Waals surface area contributed by atoms with E-state index >= 15 is 0 Å². The second-order valence-corrected chi connectivity index (χ2v) is 15.1. The van der Waals surface area contributed by atoms with E-state index in [0.29, 0.717) is 11.8 Å². The van der Waals surface area contributed by atoms with Crippen molar-refractivity contribution >= 4 is 19.8 Å². The van der Waals surface area contributed by atoms with E-state index in [1.165, 1.54) is 89.9 Å². The van der Waals surface area contributed by atoms with E-state index in [2.05, 4.69) is 32.2 Å². The van der Waals surface area contributed by atoms with Gasteiger partial charge in [0.1, 0.15) is 6.61 Å². The van der Waals surface area contributed by atoms with E-state index in [4.69, 9.17) is 19.7 Å². The number of ether oxygens (including phenoxy) is 2. The van der Waals surface area contributed by atoms with Gasteiger partial charge < -0.3 is 29.1 Å². The van der Waals surface area contributed by atoms with Crippen molar-refractivity contribution in [3.8, 4) is 0 Å². The summed E-state index contributed by atoms with van der Waals surface area (Å²) in [7, 11) is -4.61. The minimum Gasteiger partial charge on any atom is -0.756 e. The molecule has 9 nitrogen and oxygen atoms in total. The molecule has 0 bridgehead atoms. The molecule has 0 rings (SSSR count). The van der Waals surface area contributed by atoms with Gasteiger partial charge in [0.15, 0.2) is 6.10 Å². The Kier molecular flexibility index (Phi) is 28.5. The number of unbranched alkanes of at least 4 members (excludes halogenated alkanes) is 18. The molecule has 268 valence electrons. The molecule has 0 aromatic heterocycles. The monoisotopic (exact) mass is 662 g/mol. The van der Waals surface area contributed by atoms with Gasteiger partial charge in [0.2, 0.25) is 0 Å². The van der Waals surface area contributed by atoms with Gasteiger partial charge in [0.05, 0.1) is 13.2 Å². The third kappa shape index (κ3) is 32.7. The van der Waals surface area contributed by atoms with Crippen molar-refractivity contribution in [2.24, 2.45) is 11.1 Å². The van der Waals surface area contributed by atoms with Crippen LogP contribution in [0.3, 0.4) is 0 Å². The normalized spacial score (nSPS) is 13.8. The molecule has 45 heavy (non-hydrogen) atoms. The maximum atomic E-state index is 12.5. The number of rotatable bonds is 32. The van der Waals surface area contributed by atoms with Gasteiger partial charge in [-0.3, -0.25) is 14.2 Å². The summed E-state index contributed by atoms with van der Waals surface area (Å²) in [6, 6.07) is 0. The Balaban J connectivity index is 4.25. The molecule has 0 aromatic rings. The number of esters is 2. The highest BCUT2D eigenvalue weighted by molar-refractivity contribution is 7.45. The van der Waals surface area contributed by atoms with Crippen LogP contribution in [0, 0.1) is 5.41 Å². The van der Waals surface area contributed by atoms with Crippen molar-refractivity contribution in [2.75, 3.05) is 26.4 Å². The summed E-state index contributed by atoms with van der Waals surface area (Å²) in [6.07, 6.45) is 24.0. The molecule has 0 fully saturated rings. The Labute approximate surface area is 276 Å². The lowest BCUT2D eigenvalue weighted by Crippen LogP contribution is -2.30. The topological polar surface area (TPSA) is 137 Å². The van der Waals surface area contributed by atoms with Crippen molar-refractivity contribution in [1.29, 1.82) is 0 Å². The lowest BCUT2D eigenvalue weighted by Gasteiger charge is -2.25. The second kappa shape index (κ2) is 29.2. The number of nitrogens with two attached hydrogens (primary N) is 1. The van der Waals surface area contributed by atoms with Crippen LogP contribution in [0.2, 0.25) is 0 Å². The van der Waals surface area contributed by atoms with Crippen LogP contribution in [0.5, 0.6) is 0 Å². The smallest absolute Gasteiger partial charge is 0.306 e. The molecule has 0 aliphatic rings. The molecule has 0 aliphatic carbocycles. The molecule has 1 unspecified atom stereocenters. The number of phosphoric acid groups is 1. The van der Waals surface area contributed by atoms with Crippen LogP contribution < -0.4 is 10.6 Å². The third-order valence-corrected chi connectivity index (χ3v) is 8.77. The van der Waals surface area contributed by atoms with E-state index in [1.54, 1.807) is 0 Å². The van der Waals surface area contributed by atoms with Gasteiger partial charge >= 0.3 is 11.9 Å². The van der Waals surface area contributed by atoms with Crippen molar-refractivity contribution in [3.63, 3.8) is 0 Å². The largest absolute Gasteiger partial charge is 0.756 e. The van der Waals surface area contributed by atoms with E-state index in [-0.39, 0.29) is 32.6 Å². The van der Waals surface area contributed by atoms with Gasteiger partial charge in [0, 0.05) is 19.4 Å². The summed E-state index contributed by atoms with van der Waals surface area (Å²) < 4.78 is 32.2. The molecule has 0 radical (unpaired) electrons.